The average molecular weight is 647 g/mol. The molecule has 0 radical (unpaired) electrons. The van der Waals surface area contributed by atoms with Crippen LogP contribution in [0.1, 0.15) is 51.3 Å². The molecule has 7 rings (SSSR count). The second-order valence-corrected chi connectivity index (χ2v) is 15.4. The highest BCUT2D eigenvalue weighted by Crippen LogP contribution is 2.52. The van der Waals surface area contributed by atoms with Crippen LogP contribution >= 0.6 is 0 Å². The molecule has 5 aromatic rings. The van der Waals surface area contributed by atoms with E-state index in [4.69, 9.17) is 6.42 Å². The van der Waals surface area contributed by atoms with Crippen molar-refractivity contribution >= 4 is 38.3 Å². The van der Waals surface area contributed by atoms with Crippen molar-refractivity contribution in [2.45, 2.75) is 55.2 Å². The SMILES string of the molecule is C#C/C=C\C1=C(C)C(C)(C)c2ccccc2N1c1ccc(S(=O)(=O)c2ccc(N3c4ccccc4C(C)(C)c4ccccc43)cc2)cc1. The van der Waals surface area contributed by atoms with Crippen LogP contribution in [0, 0.1) is 12.3 Å². The topological polar surface area (TPSA) is 40.6 Å². The molecule has 0 atom stereocenters. The molecule has 48 heavy (non-hydrogen) atoms. The summed E-state index contributed by atoms with van der Waals surface area (Å²) in [4.78, 5) is 4.86. The highest BCUT2D eigenvalue weighted by Gasteiger charge is 2.37. The lowest BCUT2D eigenvalue weighted by Gasteiger charge is -2.42. The van der Waals surface area contributed by atoms with Gasteiger partial charge in [-0.25, -0.2) is 8.42 Å². The summed E-state index contributed by atoms with van der Waals surface area (Å²) in [7, 11) is -3.78. The predicted molar refractivity (Wildman–Crippen MR) is 197 cm³/mol. The van der Waals surface area contributed by atoms with E-state index in [2.05, 4.69) is 105 Å². The molecular formula is C43H38N2O2S. The minimum atomic E-state index is -3.78. The Morgan fingerprint density at radius 3 is 1.44 bits per heavy atom. The standard InChI is InChI=1S/C43H38N2O2S/c1-7-8-18-38-30(2)42(3,4)35-15-9-12-19-39(35)44(38)31-22-26-33(27-23-31)48(46,47)34-28-24-32(25-29-34)45-40-20-13-10-16-36(40)43(5,6)37-17-11-14-21-41(37)45/h1,8-29H,2-6H3/b18-8-. The Morgan fingerprint density at radius 2 is 0.979 bits per heavy atom. The Balaban J connectivity index is 1.24. The largest absolute Gasteiger partial charge is 0.310 e. The molecule has 2 aliphatic rings. The van der Waals surface area contributed by atoms with Crippen LogP contribution in [0.15, 0.2) is 155 Å². The zero-order valence-electron chi connectivity index (χ0n) is 27.9. The van der Waals surface area contributed by atoms with Crippen LogP contribution in [0.4, 0.5) is 28.4 Å². The van der Waals surface area contributed by atoms with Gasteiger partial charge in [-0.1, -0.05) is 88.2 Å². The van der Waals surface area contributed by atoms with E-state index in [9.17, 15) is 8.42 Å². The van der Waals surface area contributed by atoms with Gasteiger partial charge in [0.05, 0.1) is 26.9 Å². The molecule has 0 fully saturated rings. The first-order valence-electron chi connectivity index (χ1n) is 16.2. The lowest BCUT2D eigenvalue weighted by Crippen LogP contribution is -2.32. The summed E-state index contributed by atoms with van der Waals surface area (Å²) >= 11 is 0. The smallest absolute Gasteiger partial charge is 0.206 e. The van der Waals surface area contributed by atoms with Crippen molar-refractivity contribution in [2.75, 3.05) is 9.80 Å². The van der Waals surface area contributed by atoms with Crippen LogP contribution in [-0.4, -0.2) is 8.42 Å². The number of benzene rings is 5. The number of allylic oxidation sites excluding steroid dienone is 3. The average Bonchev–Trinajstić information content (AvgIpc) is 3.10. The van der Waals surface area contributed by atoms with Crippen LogP contribution in [0.2, 0.25) is 0 Å². The molecular weight excluding hydrogens is 609 g/mol. The fourth-order valence-electron chi connectivity index (χ4n) is 7.25. The first-order valence-corrected chi connectivity index (χ1v) is 17.6. The van der Waals surface area contributed by atoms with E-state index >= 15 is 0 Å². The monoisotopic (exact) mass is 646 g/mol. The fraction of sp³-hybridized carbons (Fsp3) is 0.163. The summed E-state index contributed by atoms with van der Waals surface area (Å²) in [6.45, 7) is 11.1. The van der Waals surface area contributed by atoms with Gasteiger partial charge in [-0.3, -0.25) is 0 Å². The van der Waals surface area contributed by atoms with Crippen LogP contribution in [-0.2, 0) is 20.7 Å². The molecule has 2 heterocycles. The van der Waals surface area contributed by atoms with Crippen LogP contribution in [0.5, 0.6) is 0 Å². The molecule has 2 aliphatic heterocycles. The second-order valence-electron chi connectivity index (χ2n) is 13.5. The molecule has 0 N–H and O–H groups in total. The van der Waals surface area contributed by atoms with Gasteiger partial charge in [0.1, 0.15) is 0 Å². The molecule has 0 amide bonds. The lowest BCUT2D eigenvalue weighted by molar-refractivity contribution is 0.596. The van der Waals surface area contributed by atoms with Crippen molar-refractivity contribution in [2.24, 2.45) is 0 Å². The van der Waals surface area contributed by atoms with E-state index in [1.807, 2.05) is 48.5 Å². The van der Waals surface area contributed by atoms with Gasteiger partial charge in [0.25, 0.3) is 0 Å². The van der Waals surface area contributed by atoms with E-state index in [1.165, 1.54) is 22.3 Å². The third-order valence-electron chi connectivity index (χ3n) is 10.2. The van der Waals surface area contributed by atoms with E-state index in [0.29, 0.717) is 0 Å². The minimum Gasteiger partial charge on any atom is -0.310 e. The van der Waals surface area contributed by atoms with Gasteiger partial charge >= 0.3 is 0 Å². The number of nitrogens with zero attached hydrogens (tertiary/aromatic N) is 2. The minimum absolute atomic E-state index is 0.168. The number of hydrogen-bond donors (Lipinski definition) is 0. The molecule has 0 saturated carbocycles. The van der Waals surface area contributed by atoms with Gasteiger partial charge in [-0.15, -0.1) is 6.42 Å². The molecule has 238 valence electrons. The number of para-hydroxylation sites is 3. The van der Waals surface area contributed by atoms with Crippen molar-refractivity contribution in [3.63, 3.8) is 0 Å². The van der Waals surface area contributed by atoms with Gasteiger partial charge in [-0.2, -0.15) is 0 Å². The third-order valence-corrected chi connectivity index (χ3v) is 12.0. The number of hydrogen-bond acceptors (Lipinski definition) is 4. The third kappa shape index (κ3) is 4.79. The fourth-order valence-corrected chi connectivity index (χ4v) is 8.51. The number of rotatable bonds is 5. The lowest BCUT2D eigenvalue weighted by atomic mass is 9.73. The summed E-state index contributed by atoms with van der Waals surface area (Å²) in [6, 6.07) is 39.5. The quantitative estimate of drug-likeness (QED) is 0.178. The van der Waals surface area contributed by atoms with Crippen molar-refractivity contribution in [1.29, 1.82) is 0 Å². The predicted octanol–water partition coefficient (Wildman–Crippen LogP) is 10.5. The van der Waals surface area contributed by atoms with Gasteiger partial charge in [0.15, 0.2) is 0 Å². The normalized spacial score (nSPS) is 16.2. The number of fused-ring (bicyclic) bond motifs is 3. The Hall–Kier alpha value is -5.31. The summed E-state index contributed by atoms with van der Waals surface area (Å²) < 4.78 is 27.9. The highest BCUT2D eigenvalue weighted by molar-refractivity contribution is 7.91. The Kier molecular flexibility index (Phi) is 7.46. The van der Waals surface area contributed by atoms with Crippen molar-refractivity contribution in [3.05, 3.63) is 161 Å². The highest BCUT2D eigenvalue weighted by atomic mass is 32.2. The molecule has 0 unspecified atom stereocenters. The molecule has 5 aromatic carbocycles. The van der Waals surface area contributed by atoms with Crippen molar-refractivity contribution in [1.82, 2.24) is 0 Å². The van der Waals surface area contributed by atoms with Crippen molar-refractivity contribution < 1.29 is 8.42 Å². The molecule has 5 heteroatoms. The maximum absolute atomic E-state index is 14.0. The summed E-state index contributed by atoms with van der Waals surface area (Å²) in [5.41, 5.74) is 10.4. The van der Waals surface area contributed by atoms with Crippen LogP contribution < -0.4 is 9.80 Å². The van der Waals surface area contributed by atoms with Crippen LogP contribution in [0.3, 0.4) is 0 Å². The number of terminal acetylenes is 1. The Morgan fingerprint density at radius 1 is 0.583 bits per heavy atom. The zero-order chi connectivity index (χ0) is 33.8. The molecule has 4 nitrogen and oxygen atoms in total. The molecule has 0 spiro atoms. The summed E-state index contributed by atoms with van der Waals surface area (Å²) in [5, 5.41) is 0. The first-order chi connectivity index (χ1) is 23.0. The van der Waals surface area contributed by atoms with Gasteiger partial charge in [0, 0.05) is 27.9 Å². The molecule has 0 saturated heterocycles. The van der Waals surface area contributed by atoms with Gasteiger partial charge in [-0.05, 0) is 108 Å². The Labute approximate surface area is 284 Å². The summed E-state index contributed by atoms with van der Waals surface area (Å²) in [5.74, 6) is 2.62. The van der Waals surface area contributed by atoms with E-state index < -0.39 is 9.84 Å². The van der Waals surface area contributed by atoms with Crippen molar-refractivity contribution in [3.8, 4) is 12.3 Å². The van der Waals surface area contributed by atoms with E-state index in [1.54, 1.807) is 30.3 Å². The maximum Gasteiger partial charge on any atom is 0.206 e. The van der Waals surface area contributed by atoms with Crippen LogP contribution in [0.25, 0.3) is 0 Å². The van der Waals surface area contributed by atoms with Gasteiger partial charge in [0.2, 0.25) is 9.84 Å². The summed E-state index contributed by atoms with van der Waals surface area (Å²) in [6.07, 6.45) is 9.28. The molecule has 0 aliphatic carbocycles. The first kappa shape index (κ1) is 31.3. The zero-order valence-corrected chi connectivity index (χ0v) is 28.7. The Bertz CT molecular complexity index is 2220. The number of anilines is 5. The maximum atomic E-state index is 14.0. The number of sulfone groups is 1. The van der Waals surface area contributed by atoms with Gasteiger partial charge < -0.3 is 9.80 Å². The van der Waals surface area contributed by atoms with E-state index in [-0.39, 0.29) is 20.6 Å². The molecule has 0 aromatic heterocycles. The molecule has 0 bridgehead atoms. The second kappa shape index (κ2) is 11.4. The van der Waals surface area contributed by atoms with E-state index in [0.717, 1.165) is 34.1 Å².